The molecule has 0 saturated heterocycles. The van der Waals surface area contributed by atoms with Crippen molar-refractivity contribution in [2.45, 2.75) is 22.3 Å². The maximum Gasteiger partial charge on any atom is 0.266 e. The Hall–Kier alpha value is -0.670. The fourth-order valence-electron chi connectivity index (χ4n) is 2.31. The third kappa shape index (κ3) is 2.59. The van der Waals surface area contributed by atoms with Crippen LogP contribution in [0.5, 0.6) is 0 Å². The number of aryl methyl sites for hydroxylation is 1. The Balaban J connectivity index is 2.12. The molecule has 3 rings (SSSR count). The second-order valence-electron chi connectivity index (χ2n) is 4.85. The average Bonchev–Trinajstić information content (AvgIpc) is 2.77. The average molecular weight is 479 g/mol. The molecule has 1 aliphatic rings. The van der Waals surface area contributed by atoms with Crippen molar-refractivity contribution < 1.29 is 8.42 Å². The molecule has 0 amide bonds. The van der Waals surface area contributed by atoms with Gasteiger partial charge in [-0.1, -0.05) is 56.2 Å². The number of hydrogen-bond donors (Lipinski definition) is 0. The molecule has 0 radical (unpaired) electrons. The summed E-state index contributed by atoms with van der Waals surface area (Å²) in [6.45, 7) is 1.93. The van der Waals surface area contributed by atoms with Gasteiger partial charge in [0.15, 0.2) is 0 Å². The molecule has 1 aliphatic heterocycles. The SMILES string of the molecule is Cc1ccc(S(=O)(=O)N2c3nccc(Br)c3CC2I)cc1. The van der Waals surface area contributed by atoms with Gasteiger partial charge in [-0.25, -0.2) is 17.7 Å². The summed E-state index contributed by atoms with van der Waals surface area (Å²) in [5.41, 5.74) is 1.97. The summed E-state index contributed by atoms with van der Waals surface area (Å²) in [4.78, 5) is 4.57. The number of nitrogens with zero attached hydrogens (tertiary/aromatic N) is 2. The second-order valence-corrected chi connectivity index (χ2v) is 8.95. The number of anilines is 1. The van der Waals surface area contributed by atoms with Crippen molar-refractivity contribution in [2.75, 3.05) is 4.31 Å². The van der Waals surface area contributed by atoms with Gasteiger partial charge >= 0.3 is 0 Å². The number of aromatic nitrogens is 1. The van der Waals surface area contributed by atoms with Gasteiger partial charge in [0.05, 0.1) is 4.90 Å². The van der Waals surface area contributed by atoms with Crippen molar-refractivity contribution in [3.63, 3.8) is 0 Å². The smallest absolute Gasteiger partial charge is 0.238 e. The van der Waals surface area contributed by atoms with Crippen LogP contribution in [0.3, 0.4) is 0 Å². The van der Waals surface area contributed by atoms with Gasteiger partial charge in [-0.15, -0.1) is 0 Å². The molecule has 0 fully saturated rings. The largest absolute Gasteiger partial charge is 0.266 e. The zero-order chi connectivity index (χ0) is 15.2. The van der Waals surface area contributed by atoms with Gasteiger partial charge in [0, 0.05) is 22.7 Å². The number of rotatable bonds is 2. The van der Waals surface area contributed by atoms with E-state index in [1.54, 1.807) is 30.5 Å². The van der Waals surface area contributed by atoms with Crippen molar-refractivity contribution >= 4 is 54.4 Å². The number of halogens is 2. The first-order valence-corrected chi connectivity index (χ1v) is 9.77. The molecular weight excluding hydrogens is 467 g/mol. The first-order chi connectivity index (χ1) is 9.91. The molecule has 0 saturated carbocycles. The molecule has 1 aromatic heterocycles. The molecule has 1 atom stereocenters. The Morgan fingerprint density at radius 3 is 2.62 bits per heavy atom. The van der Waals surface area contributed by atoms with Crippen LogP contribution in [-0.2, 0) is 16.4 Å². The first-order valence-electron chi connectivity index (χ1n) is 6.30. The number of sulfonamides is 1. The number of hydrogen-bond acceptors (Lipinski definition) is 3. The lowest BCUT2D eigenvalue weighted by Crippen LogP contribution is -2.34. The van der Waals surface area contributed by atoms with Gasteiger partial charge in [-0.2, -0.15) is 0 Å². The molecule has 0 bridgehead atoms. The lowest BCUT2D eigenvalue weighted by atomic mass is 10.2. The van der Waals surface area contributed by atoms with E-state index in [-0.39, 0.29) is 4.05 Å². The van der Waals surface area contributed by atoms with Crippen molar-refractivity contribution in [1.29, 1.82) is 0 Å². The fourth-order valence-corrected chi connectivity index (χ4v) is 5.84. The molecule has 4 nitrogen and oxygen atoms in total. The van der Waals surface area contributed by atoms with E-state index in [0.29, 0.717) is 17.1 Å². The lowest BCUT2D eigenvalue weighted by molar-refractivity contribution is 0.591. The van der Waals surface area contributed by atoms with Crippen molar-refractivity contribution in [3.8, 4) is 0 Å². The van der Waals surface area contributed by atoms with Gasteiger partial charge in [0.1, 0.15) is 9.87 Å². The van der Waals surface area contributed by atoms with Crippen LogP contribution in [0, 0.1) is 6.92 Å². The third-order valence-corrected chi connectivity index (χ3v) is 7.32. The zero-order valence-electron chi connectivity index (χ0n) is 11.1. The Morgan fingerprint density at radius 1 is 1.29 bits per heavy atom. The minimum atomic E-state index is -3.59. The Kier molecular flexibility index (Phi) is 4.00. The van der Waals surface area contributed by atoms with Crippen LogP contribution in [0.4, 0.5) is 5.82 Å². The van der Waals surface area contributed by atoms with Crippen LogP contribution >= 0.6 is 38.5 Å². The quantitative estimate of drug-likeness (QED) is 0.376. The lowest BCUT2D eigenvalue weighted by Gasteiger charge is -2.22. The summed E-state index contributed by atoms with van der Waals surface area (Å²) in [6, 6.07) is 8.74. The summed E-state index contributed by atoms with van der Waals surface area (Å²) in [6.07, 6.45) is 2.27. The summed E-state index contributed by atoms with van der Waals surface area (Å²) in [5.74, 6) is 0.518. The fraction of sp³-hybridized carbons (Fsp3) is 0.214. The predicted molar refractivity (Wildman–Crippen MR) is 94.3 cm³/mol. The second kappa shape index (κ2) is 5.51. The van der Waals surface area contributed by atoms with Crippen molar-refractivity contribution in [3.05, 3.63) is 52.1 Å². The standard InChI is InChI=1S/C14H12BrIN2O2S/c1-9-2-4-10(5-3-9)21(19,20)18-13(16)8-11-12(15)6-7-17-14(11)18/h2-7,13H,8H2,1H3. The van der Waals surface area contributed by atoms with Gasteiger partial charge in [0.2, 0.25) is 0 Å². The number of benzene rings is 1. The summed E-state index contributed by atoms with van der Waals surface area (Å²) in [5, 5.41) is 0. The summed E-state index contributed by atoms with van der Waals surface area (Å²) >= 11 is 5.62. The van der Waals surface area contributed by atoms with Crippen molar-refractivity contribution in [1.82, 2.24) is 4.98 Å². The molecule has 110 valence electrons. The van der Waals surface area contributed by atoms with Gasteiger partial charge < -0.3 is 0 Å². The highest BCUT2D eigenvalue weighted by Gasteiger charge is 2.39. The molecule has 7 heteroatoms. The van der Waals surface area contributed by atoms with E-state index in [4.69, 9.17) is 0 Å². The Morgan fingerprint density at radius 2 is 1.95 bits per heavy atom. The molecule has 1 unspecified atom stereocenters. The molecule has 2 aromatic rings. The van der Waals surface area contributed by atoms with E-state index in [0.717, 1.165) is 15.6 Å². The monoisotopic (exact) mass is 478 g/mol. The predicted octanol–water partition coefficient (Wildman–Crippen LogP) is 3.67. The van der Waals surface area contributed by atoms with E-state index >= 15 is 0 Å². The minimum absolute atomic E-state index is 0.171. The summed E-state index contributed by atoms with van der Waals surface area (Å²) < 4.78 is 27.9. The maximum atomic E-state index is 12.9. The molecule has 0 spiro atoms. The van der Waals surface area contributed by atoms with Gasteiger partial charge in [-0.05, 0) is 25.1 Å². The molecule has 0 aliphatic carbocycles. The van der Waals surface area contributed by atoms with E-state index < -0.39 is 10.0 Å². The number of pyridine rings is 1. The molecule has 1 aromatic carbocycles. The van der Waals surface area contributed by atoms with Crippen LogP contribution in [0.2, 0.25) is 0 Å². The third-order valence-electron chi connectivity index (χ3n) is 3.39. The molecule has 0 N–H and O–H groups in total. The van der Waals surface area contributed by atoms with Crippen LogP contribution in [0.15, 0.2) is 45.9 Å². The highest BCUT2D eigenvalue weighted by molar-refractivity contribution is 14.1. The Labute approximate surface area is 145 Å². The van der Waals surface area contributed by atoms with Crippen LogP contribution in [0.25, 0.3) is 0 Å². The van der Waals surface area contributed by atoms with Crippen LogP contribution in [-0.4, -0.2) is 17.5 Å². The van der Waals surface area contributed by atoms with Gasteiger partial charge in [-0.3, -0.25) is 0 Å². The van der Waals surface area contributed by atoms with E-state index in [1.807, 2.05) is 13.0 Å². The van der Waals surface area contributed by atoms with E-state index in [2.05, 4.69) is 43.5 Å². The highest BCUT2D eigenvalue weighted by Crippen LogP contribution is 2.40. The minimum Gasteiger partial charge on any atom is -0.238 e. The van der Waals surface area contributed by atoms with Gasteiger partial charge in [0.25, 0.3) is 10.0 Å². The van der Waals surface area contributed by atoms with Crippen molar-refractivity contribution in [2.24, 2.45) is 0 Å². The van der Waals surface area contributed by atoms with Crippen LogP contribution in [0.1, 0.15) is 11.1 Å². The van der Waals surface area contributed by atoms with E-state index in [9.17, 15) is 8.42 Å². The highest BCUT2D eigenvalue weighted by atomic mass is 127. The summed E-state index contributed by atoms with van der Waals surface area (Å²) in [7, 11) is -3.59. The Bertz CT molecular complexity index is 793. The van der Waals surface area contributed by atoms with E-state index in [1.165, 1.54) is 4.31 Å². The molecule has 2 heterocycles. The zero-order valence-corrected chi connectivity index (χ0v) is 15.7. The maximum absolute atomic E-state index is 12.9. The number of alkyl halides is 1. The topological polar surface area (TPSA) is 50.3 Å². The molecular formula is C14H12BrIN2O2S. The molecule has 21 heavy (non-hydrogen) atoms. The first kappa shape index (κ1) is 15.2. The number of fused-ring (bicyclic) bond motifs is 1. The van der Waals surface area contributed by atoms with Crippen LogP contribution < -0.4 is 4.31 Å². The normalized spacial score (nSPS) is 17.9.